The zero-order valence-corrected chi connectivity index (χ0v) is 16.3. The molecule has 0 radical (unpaired) electrons. The van der Waals surface area contributed by atoms with Crippen molar-refractivity contribution in [2.45, 2.75) is 36.4 Å². The third-order valence-corrected chi connectivity index (χ3v) is 5.94. The molecule has 28 heavy (non-hydrogen) atoms. The Hall–Kier alpha value is -2.57. The molecule has 6 heteroatoms. The van der Waals surface area contributed by atoms with Gasteiger partial charge in [-0.3, -0.25) is 0 Å². The highest BCUT2D eigenvalue weighted by atomic mass is 32.2. The van der Waals surface area contributed by atoms with Crippen LogP contribution in [-0.4, -0.2) is 27.2 Å². The number of para-hydroxylation sites is 2. The van der Waals surface area contributed by atoms with E-state index >= 15 is 0 Å². The van der Waals surface area contributed by atoms with Gasteiger partial charge in [-0.2, -0.15) is 0 Å². The summed E-state index contributed by atoms with van der Waals surface area (Å²) in [6, 6.07) is 18.3. The minimum Gasteiger partial charge on any atom is -0.440 e. The number of thioether (sulfide) groups is 1. The summed E-state index contributed by atoms with van der Waals surface area (Å²) < 4.78 is 14.0. The predicted molar refractivity (Wildman–Crippen MR) is 110 cm³/mol. The van der Waals surface area contributed by atoms with E-state index in [-0.39, 0.29) is 6.10 Å². The van der Waals surface area contributed by atoms with Crippen LogP contribution in [-0.2, 0) is 17.0 Å². The van der Waals surface area contributed by atoms with Gasteiger partial charge < -0.3 is 13.7 Å². The molecular formula is C22H21N3O2S. The van der Waals surface area contributed by atoms with E-state index in [0.717, 1.165) is 53.8 Å². The van der Waals surface area contributed by atoms with Crippen molar-refractivity contribution < 1.29 is 9.15 Å². The summed E-state index contributed by atoms with van der Waals surface area (Å²) in [7, 11) is 0. The Morgan fingerprint density at radius 3 is 2.75 bits per heavy atom. The highest BCUT2D eigenvalue weighted by Crippen LogP contribution is 2.30. The molecule has 1 aliphatic rings. The number of imidazole rings is 1. The van der Waals surface area contributed by atoms with Gasteiger partial charge in [0.15, 0.2) is 10.7 Å². The van der Waals surface area contributed by atoms with Crippen molar-refractivity contribution in [3.8, 4) is 11.3 Å². The van der Waals surface area contributed by atoms with Crippen molar-refractivity contribution in [2.75, 3.05) is 6.61 Å². The van der Waals surface area contributed by atoms with Crippen LogP contribution in [0.4, 0.5) is 0 Å². The molecule has 142 valence electrons. The van der Waals surface area contributed by atoms with Gasteiger partial charge in [-0.1, -0.05) is 54.2 Å². The van der Waals surface area contributed by atoms with Crippen molar-refractivity contribution in [1.82, 2.24) is 14.5 Å². The summed E-state index contributed by atoms with van der Waals surface area (Å²) >= 11 is 1.65. The molecule has 2 aromatic heterocycles. The minimum absolute atomic E-state index is 0.250. The molecule has 1 unspecified atom stereocenters. The van der Waals surface area contributed by atoms with Crippen LogP contribution in [0.5, 0.6) is 0 Å². The first-order valence-corrected chi connectivity index (χ1v) is 10.6. The zero-order valence-electron chi connectivity index (χ0n) is 15.5. The molecule has 0 saturated carbocycles. The number of nitrogens with zero attached hydrogens (tertiary/aromatic N) is 3. The van der Waals surface area contributed by atoms with Gasteiger partial charge in [-0.25, -0.2) is 9.97 Å². The van der Waals surface area contributed by atoms with Gasteiger partial charge in [0, 0.05) is 6.61 Å². The van der Waals surface area contributed by atoms with Crippen LogP contribution in [0.3, 0.4) is 0 Å². The lowest BCUT2D eigenvalue weighted by Gasteiger charge is -2.16. The molecule has 0 N–H and O–H groups in total. The Bertz CT molecular complexity index is 1030. The topological polar surface area (TPSA) is 53.1 Å². The number of rotatable bonds is 6. The monoisotopic (exact) mass is 391 g/mol. The van der Waals surface area contributed by atoms with E-state index in [4.69, 9.17) is 14.1 Å². The predicted octanol–water partition coefficient (Wildman–Crippen LogP) is 5.16. The Morgan fingerprint density at radius 1 is 1.07 bits per heavy atom. The van der Waals surface area contributed by atoms with Crippen LogP contribution in [0.15, 0.2) is 70.4 Å². The van der Waals surface area contributed by atoms with E-state index in [0.29, 0.717) is 5.75 Å². The first-order chi connectivity index (χ1) is 13.9. The van der Waals surface area contributed by atoms with E-state index in [2.05, 4.69) is 33.8 Å². The molecule has 1 fully saturated rings. The average Bonchev–Trinajstić information content (AvgIpc) is 3.47. The highest BCUT2D eigenvalue weighted by molar-refractivity contribution is 7.98. The number of ether oxygens (including phenoxy) is 1. The smallest absolute Gasteiger partial charge is 0.205 e. The second-order valence-electron chi connectivity index (χ2n) is 6.90. The largest absolute Gasteiger partial charge is 0.440 e. The molecule has 1 saturated heterocycles. The number of aromatic nitrogens is 3. The number of hydrogen-bond donors (Lipinski definition) is 0. The molecule has 1 aliphatic heterocycles. The first kappa shape index (κ1) is 17.5. The summed E-state index contributed by atoms with van der Waals surface area (Å²) in [6.45, 7) is 1.67. The van der Waals surface area contributed by atoms with Crippen LogP contribution < -0.4 is 0 Å². The van der Waals surface area contributed by atoms with Crippen LogP contribution in [0.1, 0.15) is 18.7 Å². The fourth-order valence-electron chi connectivity index (χ4n) is 3.59. The molecule has 5 nitrogen and oxygen atoms in total. The Kier molecular flexibility index (Phi) is 4.89. The van der Waals surface area contributed by atoms with E-state index < -0.39 is 0 Å². The number of oxazole rings is 1. The summed E-state index contributed by atoms with van der Waals surface area (Å²) in [5.74, 6) is 1.37. The van der Waals surface area contributed by atoms with Crippen LogP contribution >= 0.6 is 11.8 Å². The van der Waals surface area contributed by atoms with Crippen molar-refractivity contribution in [1.29, 1.82) is 0 Å². The Labute approximate surface area is 167 Å². The molecule has 5 rings (SSSR count). The minimum atomic E-state index is 0.250. The molecule has 1 atom stereocenters. The average molecular weight is 391 g/mol. The number of fused-ring (bicyclic) bond motifs is 1. The molecular weight excluding hydrogens is 370 g/mol. The lowest BCUT2D eigenvalue weighted by Crippen LogP contribution is -2.16. The third kappa shape index (κ3) is 3.57. The normalized spacial score (nSPS) is 16.8. The maximum atomic E-state index is 5.89. The van der Waals surface area contributed by atoms with Gasteiger partial charge in [0.1, 0.15) is 5.52 Å². The number of benzene rings is 2. The molecule has 0 amide bonds. The lowest BCUT2D eigenvalue weighted by atomic mass is 10.1. The van der Waals surface area contributed by atoms with Crippen LogP contribution in [0.2, 0.25) is 0 Å². The Morgan fingerprint density at radius 2 is 1.93 bits per heavy atom. The van der Waals surface area contributed by atoms with E-state index in [9.17, 15) is 0 Å². The first-order valence-electron chi connectivity index (χ1n) is 9.56. The van der Waals surface area contributed by atoms with E-state index in [1.54, 1.807) is 11.8 Å². The standard InChI is InChI=1S/C22H21N3O2S/c1-2-7-16(8-3-1)19-13-23-22(25(19)14-17-9-6-12-26-17)28-15-21-24-18-10-4-5-11-20(18)27-21/h1-5,7-8,10-11,13,17H,6,9,12,14-15H2. The van der Waals surface area contributed by atoms with E-state index in [1.165, 1.54) is 5.56 Å². The molecule has 0 aliphatic carbocycles. The molecule has 0 bridgehead atoms. The number of hydrogen-bond acceptors (Lipinski definition) is 5. The SMILES string of the molecule is c1ccc(-c2cnc(SCc3nc4ccccc4o3)n2CC2CCCO2)cc1. The lowest BCUT2D eigenvalue weighted by molar-refractivity contribution is 0.0954. The van der Waals surface area contributed by atoms with Crippen molar-refractivity contribution in [3.63, 3.8) is 0 Å². The van der Waals surface area contributed by atoms with Crippen molar-refractivity contribution in [3.05, 3.63) is 66.7 Å². The maximum absolute atomic E-state index is 5.89. The third-order valence-electron chi connectivity index (χ3n) is 4.96. The van der Waals surface area contributed by atoms with Gasteiger partial charge in [-0.15, -0.1) is 0 Å². The molecule has 4 aromatic rings. The zero-order chi connectivity index (χ0) is 18.8. The maximum Gasteiger partial charge on any atom is 0.205 e. The quantitative estimate of drug-likeness (QED) is 0.425. The molecule has 3 heterocycles. The van der Waals surface area contributed by atoms with Gasteiger partial charge in [0.05, 0.1) is 30.3 Å². The highest BCUT2D eigenvalue weighted by Gasteiger charge is 2.21. The van der Waals surface area contributed by atoms with Crippen molar-refractivity contribution in [2.24, 2.45) is 0 Å². The Balaban J connectivity index is 1.41. The fourth-order valence-corrected chi connectivity index (χ4v) is 4.42. The van der Waals surface area contributed by atoms with Gasteiger partial charge >= 0.3 is 0 Å². The summed E-state index contributed by atoms with van der Waals surface area (Å²) in [6.07, 6.45) is 4.44. The van der Waals surface area contributed by atoms with Gasteiger partial charge in [0.2, 0.25) is 5.89 Å². The van der Waals surface area contributed by atoms with Gasteiger partial charge in [-0.05, 0) is 30.5 Å². The molecule has 0 spiro atoms. The van der Waals surface area contributed by atoms with Crippen LogP contribution in [0, 0.1) is 0 Å². The second kappa shape index (κ2) is 7.81. The summed E-state index contributed by atoms with van der Waals surface area (Å²) in [5, 5.41) is 0.969. The van der Waals surface area contributed by atoms with E-state index in [1.807, 2.05) is 36.5 Å². The summed E-state index contributed by atoms with van der Waals surface area (Å²) in [5.41, 5.74) is 4.01. The molecule has 2 aromatic carbocycles. The van der Waals surface area contributed by atoms with Crippen LogP contribution in [0.25, 0.3) is 22.4 Å². The van der Waals surface area contributed by atoms with Gasteiger partial charge in [0.25, 0.3) is 0 Å². The van der Waals surface area contributed by atoms with Crippen molar-refractivity contribution >= 4 is 22.9 Å². The second-order valence-corrected chi connectivity index (χ2v) is 7.84. The summed E-state index contributed by atoms with van der Waals surface area (Å²) in [4.78, 5) is 9.28. The fraction of sp³-hybridized carbons (Fsp3) is 0.273.